The van der Waals surface area contributed by atoms with E-state index in [0.29, 0.717) is 6.42 Å². The second-order valence-electron chi connectivity index (χ2n) is 16.9. The molecule has 2 unspecified atom stereocenters. The first-order chi connectivity index (χ1) is 27.7. The maximum absolute atomic E-state index is 12.4. The Kier molecular flexibility index (Phi) is 46.3. The van der Waals surface area contributed by atoms with Crippen LogP contribution in [-0.4, -0.2) is 34.9 Å². The summed E-state index contributed by atoms with van der Waals surface area (Å²) in [4.78, 5) is 12.4. The van der Waals surface area contributed by atoms with E-state index in [0.717, 1.165) is 38.5 Å². The molecule has 0 aromatic rings. The lowest BCUT2D eigenvalue weighted by atomic mass is 10.0. The summed E-state index contributed by atoms with van der Waals surface area (Å²) in [5.41, 5.74) is 0. The summed E-state index contributed by atoms with van der Waals surface area (Å²) in [5.74, 6) is -0.0637. The van der Waals surface area contributed by atoms with Gasteiger partial charge in [0.05, 0.1) is 18.8 Å². The van der Waals surface area contributed by atoms with E-state index in [1.807, 2.05) is 6.08 Å². The van der Waals surface area contributed by atoms with Gasteiger partial charge in [0.25, 0.3) is 0 Å². The van der Waals surface area contributed by atoms with Gasteiger partial charge in [-0.3, -0.25) is 4.79 Å². The van der Waals surface area contributed by atoms with Gasteiger partial charge in [0.1, 0.15) is 0 Å². The van der Waals surface area contributed by atoms with E-state index in [-0.39, 0.29) is 12.5 Å². The molecular formula is C52H97NO3. The number of carbonyl (C=O) groups is 1. The number of rotatable bonds is 45. The van der Waals surface area contributed by atoms with Crippen LogP contribution in [0.1, 0.15) is 258 Å². The van der Waals surface area contributed by atoms with Crippen LogP contribution in [0.4, 0.5) is 0 Å². The van der Waals surface area contributed by atoms with Gasteiger partial charge in [0.15, 0.2) is 0 Å². The lowest BCUT2D eigenvalue weighted by Gasteiger charge is -2.20. The minimum Gasteiger partial charge on any atom is -0.394 e. The standard InChI is InChI=1S/C52H97NO3/c1-3-5-7-9-11-13-15-17-18-19-20-21-22-23-24-25-26-27-28-29-30-31-32-33-34-36-38-40-42-44-46-48-52(56)53-50(49-54)51(55)47-45-43-41-39-37-35-16-14-12-10-8-6-4-2/h15,17,19-20,22-23,45,47,50-51,54-55H,3-14,16,18,21,24-44,46,48-49H2,1-2H3,(H,53,56)/b17-15-,20-19-,23-22-,47-45+. The number of hydrogen-bond donors (Lipinski definition) is 3. The molecule has 0 aromatic heterocycles. The number of hydrogen-bond acceptors (Lipinski definition) is 3. The van der Waals surface area contributed by atoms with Gasteiger partial charge in [0, 0.05) is 6.42 Å². The molecule has 4 nitrogen and oxygen atoms in total. The number of amides is 1. The highest BCUT2D eigenvalue weighted by molar-refractivity contribution is 5.76. The van der Waals surface area contributed by atoms with Crippen molar-refractivity contribution >= 4 is 5.91 Å². The van der Waals surface area contributed by atoms with E-state index in [1.165, 1.54) is 199 Å². The Morgan fingerprint density at radius 3 is 1.09 bits per heavy atom. The molecule has 0 fully saturated rings. The third-order valence-electron chi connectivity index (χ3n) is 11.3. The van der Waals surface area contributed by atoms with Crippen molar-refractivity contribution in [2.45, 2.75) is 270 Å². The lowest BCUT2D eigenvalue weighted by Crippen LogP contribution is -2.45. The summed E-state index contributed by atoms with van der Waals surface area (Å²) in [5, 5.41) is 23.0. The molecule has 0 aliphatic rings. The van der Waals surface area contributed by atoms with Gasteiger partial charge in [-0.05, 0) is 57.8 Å². The number of nitrogens with one attached hydrogen (secondary N) is 1. The van der Waals surface area contributed by atoms with E-state index in [4.69, 9.17) is 0 Å². The Morgan fingerprint density at radius 2 is 0.732 bits per heavy atom. The van der Waals surface area contributed by atoms with Crippen molar-refractivity contribution < 1.29 is 15.0 Å². The molecule has 2 atom stereocenters. The molecule has 0 aliphatic heterocycles. The lowest BCUT2D eigenvalue weighted by molar-refractivity contribution is -0.123. The van der Waals surface area contributed by atoms with E-state index in [2.05, 4.69) is 55.6 Å². The zero-order chi connectivity index (χ0) is 40.7. The molecule has 0 saturated heterocycles. The molecule has 0 radical (unpaired) electrons. The molecular weight excluding hydrogens is 687 g/mol. The van der Waals surface area contributed by atoms with Crippen LogP contribution in [0.2, 0.25) is 0 Å². The van der Waals surface area contributed by atoms with Crippen molar-refractivity contribution in [1.82, 2.24) is 5.32 Å². The smallest absolute Gasteiger partial charge is 0.220 e. The predicted octanol–water partition coefficient (Wildman–Crippen LogP) is 15.9. The summed E-state index contributed by atoms with van der Waals surface area (Å²) >= 11 is 0. The van der Waals surface area contributed by atoms with E-state index in [9.17, 15) is 15.0 Å². The normalized spacial score (nSPS) is 13.3. The van der Waals surface area contributed by atoms with Crippen LogP contribution in [0, 0.1) is 0 Å². The number of carbonyl (C=O) groups excluding carboxylic acids is 1. The summed E-state index contributed by atoms with van der Waals surface area (Å²) in [7, 11) is 0. The minimum atomic E-state index is -0.838. The first-order valence-electron chi connectivity index (χ1n) is 24.9. The zero-order valence-electron chi connectivity index (χ0n) is 37.7. The van der Waals surface area contributed by atoms with Crippen molar-refractivity contribution in [3.8, 4) is 0 Å². The van der Waals surface area contributed by atoms with Crippen LogP contribution < -0.4 is 5.32 Å². The van der Waals surface area contributed by atoms with E-state index < -0.39 is 12.1 Å². The third kappa shape index (κ3) is 43.5. The highest BCUT2D eigenvalue weighted by Gasteiger charge is 2.18. The maximum Gasteiger partial charge on any atom is 0.220 e. The first-order valence-corrected chi connectivity index (χ1v) is 24.9. The Bertz CT molecular complexity index is 893. The second-order valence-corrected chi connectivity index (χ2v) is 16.9. The monoisotopic (exact) mass is 784 g/mol. The van der Waals surface area contributed by atoms with Gasteiger partial charge in [-0.1, -0.05) is 242 Å². The summed E-state index contributed by atoms with van der Waals surface area (Å²) in [6.45, 7) is 4.30. The van der Waals surface area contributed by atoms with Crippen LogP contribution in [0.15, 0.2) is 48.6 Å². The molecule has 0 bridgehead atoms. The minimum absolute atomic E-state index is 0.0637. The average Bonchev–Trinajstić information content (AvgIpc) is 3.20. The Balaban J connectivity index is 3.48. The molecule has 0 spiro atoms. The van der Waals surface area contributed by atoms with Gasteiger partial charge in [-0.25, -0.2) is 0 Å². The summed E-state index contributed by atoms with van der Waals surface area (Å²) in [6.07, 6.45) is 65.3. The maximum atomic E-state index is 12.4. The Morgan fingerprint density at radius 1 is 0.429 bits per heavy atom. The number of unbranched alkanes of at least 4 members (excludes halogenated alkanes) is 32. The number of allylic oxidation sites excluding steroid dienone is 7. The molecule has 0 saturated carbocycles. The van der Waals surface area contributed by atoms with Gasteiger partial charge in [0.2, 0.25) is 5.91 Å². The number of aliphatic hydroxyl groups excluding tert-OH is 2. The third-order valence-corrected chi connectivity index (χ3v) is 11.3. The fourth-order valence-electron chi connectivity index (χ4n) is 7.48. The van der Waals surface area contributed by atoms with Gasteiger partial charge >= 0.3 is 0 Å². The Labute approximate surface area is 350 Å². The van der Waals surface area contributed by atoms with Crippen molar-refractivity contribution in [2.24, 2.45) is 0 Å². The molecule has 0 aliphatic carbocycles. The molecule has 328 valence electrons. The van der Waals surface area contributed by atoms with Crippen molar-refractivity contribution in [3.05, 3.63) is 48.6 Å². The highest BCUT2D eigenvalue weighted by atomic mass is 16.3. The fraction of sp³-hybridized carbons (Fsp3) is 0.827. The summed E-state index contributed by atoms with van der Waals surface area (Å²) < 4.78 is 0. The van der Waals surface area contributed by atoms with Crippen LogP contribution in [0.25, 0.3) is 0 Å². The van der Waals surface area contributed by atoms with Crippen molar-refractivity contribution in [3.63, 3.8) is 0 Å². The molecule has 56 heavy (non-hydrogen) atoms. The van der Waals surface area contributed by atoms with E-state index >= 15 is 0 Å². The van der Waals surface area contributed by atoms with Crippen LogP contribution in [0.5, 0.6) is 0 Å². The quantitative estimate of drug-likeness (QED) is 0.0425. The fourth-order valence-corrected chi connectivity index (χ4v) is 7.48. The van der Waals surface area contributed by atoms with Crippen LogP contribution in [0.3, 0.4) is 0 Å². The largest absolute Gasteiger partial charge is 0.394 e. The molecule has 3 N–H and O–H groups in total. The zero-order valence-corrected chi connectivity index (χ0v) is 37.7. The van der Waals surface area contributed by atoms with Gasteiger partial charge in [-0.2, -0.15) is 0 Å². The van der Waals surface area contributed by atoms with Crippen molar-refractivity contribution in [1.29, 1.82) is 0 Å². The summed E-state index contributed by atoms with van der Waals surface area (Å²) in [6, 6.07) is -0.621. The average molecular weight is 784 g/mol. The Hall–Kier alpha value is -1.65. The number of aliphatic hydroxyl groups is 2. The topological polar surface area (TPSA) is 69.6 Å². The van der Waals surface area contributed by atoms with Crippen LogP contribution in [-0.2, 0) is 4.79 Å². The van der Waals surface area contributed by atoms with Crippen molar-refractivity contribution in [2.75, 3.05) is 6.61 Å². The highest BCUT2D eigenvalue weighted by Crippen LogP contribution is 2.16. The molecule has 4 heteroatoms. The van der Waals surface area contributed by atoms with Gasteiger partial charge < -0.3 is 15.5 Å². The SMILES string of the molecule is CCCCCCC/C=C\C/C=C\C/C=C\CCCCCCCCCCCCCCCCCCC(=O)NC(CO)C(O)/C=C/CCCCCCCCCCCCC. The molecule has 0 rings (SSSR count). The van der Waals surface area contributed by atoms with Gasteiger partial charge in [-0.15, -0.1) is 0 Å². The predicted molar refractivity (Wildman–Crippen MR) is 248 cm³/mol. The first kappa shape index (κ1) is 54.3. The molecule has 1 amide bonds. The second kappa shape index (κ2) is 47.7. The van der Waals surface area contributed by atoms with E-state index in [1.54, 1.807) is 6.08 Å². The van der Waals surface area contributed by atoms with Crippen LogP contribution >= 0.6 is 0 Å². The molecule has 0 aromatic carbocycles. The molecule has 0 heterocycles.